The SMILES string of the molecule is COc1cc(C(C)CCSC#N)c(OC)cc1Cl. The summed E-state index contributed by atoms with van der Waals surface area (Å²) in [6.45, 7) is 2.10. The number of benzene rings is 1. The highest BCUT2D eigenvalue weighted by Gasteiger charge is 2.15. The molecule has 5 heteroatoms. The zero-order chi connectivity index (χ0) is 13.5. The van der Waals surface area contributed by atoms with Crippen LogP contribution in [0.25, 0.3) is 0 Å². The van der Waals surface area contributed by atoms with E-state index in [0.29, 0.717) is 10.8 Å². The smallest absolute Gasteiger partial charge is 0.138 e. The van der Waals surface area contributed by atoms with Crippen LogP contribution in [0.1, 0.15) is 24.8 Å². The number of rotatable bonds is 6. The standard InChI is InChI=1S/C13H16ClNO2S/c1-9(4-5-18-8-15)10-6-13(17-3)11(14)7-12(10)16-2/h6-7,9H,4-5H2,1-3H3. The average molecular weight is 286 g/mol. The van der Waals surface area contributed by atoms with Crippen molar-refractivity contribution in [1.82, 2.24) is 0 Å². The van der Waals surface area contributed by atoms with Crippen LogP contribution in [0.4, 0.5) is 0 Å². The molecule has 1 aromatic rings. The maximum atomic E-state index is 8.52. The van der Waals surface area contributed by atoms with Crippen molar-refractivity contribution in [3.8, 4) is 16.9 Å². The van der Waals surface area contributed by atoms with Crippen LogP contribution in [0.2, 0.25) is 5.02 Å². The van der Waals surface area contributed by atoms with Gasteiger partial charge in [-0.25, -0.2) is 0 Å². The van der Waals surface area contributed by atoms with Gasteiger partial charge in [0.25, 0.3) is 0 Å². The van der Waals surface area contributed by atoms with Crippen molar-refractivity contribution in [3.05, 3.63) is 22.7 Å². The molecule has 0 aliphatic carbocycles. The zero-order valence-electron chi connectivity index (χ0n) is 10.7. The summed E-state index contributed by atoms with van der Waals surface area (Å²) >= 11 is 7.32. The van der Waals surface area contributed by atoms with Crippen LogP contribution in [0.3, 0.4) is 0 Å². The van der Waals surface area contributed by atoms with Crippen LogP contribution >= 0.6 is 23.4 Å². The van der Waals surface area contributed by atoms with Gasteiger partial charge in [-0.2, -0.15) is 5.26 Å². The molecule has 1 rings (SSSR count). The number of ether oxygens (including phenoxy) is 2. The summed E-state index contributed by atoms with van der Waals surface area (Å²) in [6.07, 6.45) is 0.902. The summed E-state index contributed by atoms with van der Waals surface area (Å²) in [5.74, 6) is 2.49. The van der Waals surface area contributed by atoms with E-state index >= 15 is 0 Å². The number of hydrogen-bond donors (Lipinski definition) is 0. The Bertz CT molecular complexity index is 445. The van der Waals surface area contributed by atoms with Gasteiger partial charge in [0.1, 0.15) is 16.9 Å². The van der Waals surface area contributed by atoms with Gasteiger partial charge in [-0.15, -0.1) is 0 Å². The van der Waals surface area contributed by atoms with E-state index in [1.807, 2.05) is 6.07 Å². The van der Waals surface area contributed by atoms with Crippen molar-refractivity contribution in [1.29, 1.82) is 5.26 Å². The van der Waals surface area contributed by atoms with Crippen LogP contribution in [0.5, 0.6) is 11.5 Å². The average Bonchev–Trinajstić information content (AvgIpc) is 2.38. The number of thioether (sulfide) groups is 1. The lowest BCUT2D eigenvalue weighted by atomic mass is 9.97. The number of nitriles is 1. The van der Waals surface area contributed by atoms with Crippen molar-refractivity contribution >= 4 is 23.4 Å². The molecule has 0 saturated carbocycles. The van der Waals surface area contributed by atoms with E-state index in [0.717, 1.165) is 23.5 Å². The van der Waals surface area contributed by atoms with Gasteiger partial charge in [0.05, 0.1) is 19.2 Å². The maximum absolute atomic E-state index is 8.52. The van der Waals surface area contributed by atoms with Gasteiger partial charge in [-0.1, -0.05) is 18.5 Å². The van der Waals surface area contributed by atoms with Crippen LogP contribution in [0.15, 0.2) is 12.1 Å². The van der Waals surface area contributed by atoms with E-state index in [1.54, 1.807) is 20.3 Å². The molecule has 1 aromatic carbocycles. The van der Waals surface area contributed by atoms with Crippen molar-refractivity contribution in [3.63, 3.8) is 0 Å². The minimum atomic E-state index is 0.284. The fourth-order valence-corrected chi connectivity index (χ4v) is 2.50. The zero-order valence-corrected chi connectivity index (χ0v) is 12.3. The molecular weight excluding hydrogens is 270 g/mol. The molecule has 0 amide bonds. The lowest BCUT2D eigenvalue weighted by Crippen LogP contribution is -2.00. The van der Waals surface area contributed by atoms with E-state index in [1.165, 1.54) is 11.8 Å². The van der Waals surface area contributed by atoms with Gasteiger partial charge < -0.3 is 9.47 Å². The fraction of sp³-hybridized carbons (Fsp3) is 0.462. The third-order valence-corrected chi connectivity index (χ3v) is 3.62. The normalized spacial score (nSPS) is 11.7. The maximum Gasteiger partial charge on any atom is 0.138 e. The van der Waals surface area contributed by atoms with E-state index in [2.05, 4.69) is 12.3 Å². The lowest BCUT2D eigenvalue weighted by Gasteiger charge is -2.17. The summed E-state index contributed by atoms with van der Waals surface area (Å²) in [5.41, 5.74) is 1.05. The first-order chi connectivity index (χ1) is 8.63. The van der Waals surface area contributed by atoms with Gasteiger partial charge in [-0.05, 0) is 30.2 Å². The Hall–Kier alpha value is -1.05. The third-order valence-electron chi connectivity index (χ3n) is 2.75. The largest absolute Gasteiger partial charge is 0.496 e. The number of methoxy groups -OCH3 is 2. The summed E-state index contributed by atoms with van der Waals surface area (Å²) in [7, 11) is 3.21. The first-order valence-corrected chi connectivity index (χ1v) is 6.92. The first kappa shape index (κ1) is 15.0. The molecule has 1 unspecified atom stereocenters. The molecule has 0 aromatic heterocycles. The first-order valence-electron chi connectivity index (χ1n) is 5.56. The molecule has 0 radical (unpaired) electrons. The lowest BCUT2D eigenvalue weighted by molar-refractivity contribution is 0.395. The Kier molecular flexibility index (Phi) is 6.17. The minimum Gasteiger partial charge on any atom is -0.496 e. The Morgan fingerprint density at radius 3 is 2.56 bits per heavy atom. The summed E-state index contributed by atoms with van der Waals surface area (Å²) in [4.78, 5) is 0. The highest BCUT2D eigenvalue weighted by atomic mass is 35.5. The van der Waals surface area contributed by atoms with Crippen LogP contribution in [-0.4, -0.2) is 20.0 Å². The molecule has 0 spiro atoms. The molecule has 0 saturated heterocycles. The van der Waals surface area contributed by atoms with Crippen molar-refractivity contribution in [2.75, 3.05) is 20.0 Å². The van der Waals surface area contributed by atoms with Gasteiger partial charge in [0.2, 0.25) is 0 Å². The molecule has 0 aliphatic rings. The van der Waals surface area contributed by atoms with Gasteiger partial charge in [0, 0.05) is 17.4 Å². The molecule has 0 fully saturated rings. The minimum absolute atomic E-state index is 0.284. The second kappa shape index (κ2) is 7.40. The van der Waals surface area contributed by atoms with Crippen LogP contribution in [-0.2, 0) is 0 Å². The second-order valence-corrected chi connectivity index (χ2v) is 5.14. The predicted octanol–water partition coefficient (Wildman–Crippen LogP) is 4.07. The molecule has 0 aliphatic heterocycles. The molecule has 98 valence electrons. The van der Waals surface area contributed by atoms with E-state index in [4.69, 9.17) is 26.3 Å². The Balaban J connectivity index is 2.95. The topological polar surface area (TPSA) is 42.2 Å². The van der Waals surface area contributed by atoms with Crippen molar-refractivity contribution in [2.24, 2.45) is 0 Å². The summed E-state index contributed by atoms with van der Waals surface area (Å²) in [6, 6.07) is 3.67. The van der Waals surface area contributed by atoms with Gasteiger partial charge in [-0.3, -0.25) is 0 Å². The Morgan fingerprint density at radius 2 is 2.00 bits per heavy atom. The molecule has 0 bridgehead atoms. The number of nitrogens with zero attached hydrogens (tertiary/aromatic N) is 1. The van der Waals surface area contributed by atoms with Crippen LogP contribution < -0.4 is 9.47 Å². The Morgan fingerprint density at radius 1 is 1.33 bits per heavy atom. The predicted molar refractivity (Wildman–Crippen MR) is 75.7 cm³/mol. The molecule has 1 atom stereocenters. The van der Waals surface area contributed by atoms with E-state index in [9.17, 15) is 0 Å². The van der Waals surface area contributed by atoms with Crippen molar-refractivity contribution < 1.29 is 9.47 Å². The highest BCUT2D eigenvalue weighted by Crippen LogP contribution is 2.37. The number of thiocyanates is 1. The van der Waals surface area contributed by atoms with Crippen molar-refractivity contribution in [2.45, 2.75) is 19.3 Å². The van der Waals surface area contributed by atoms with E-state index < -0.39 is 0 Å². The van der Waals surface area contributed by atoms with E-state index in [-0.39, 0.29) is 5.92 Å². The number of hydrogen-bond acceptors (Lipinski definition) is 4. The summed E-state index contributed by atoms with van der Waals surface area (Å²) in [5, 5.41) is 11.1. The molecule has 0 heterocycles. The van der Waals surface area contributed by atoms with Crippen LogP contribution in [0, 0.1) is 10.7 Å². The molecule has 0 N–H and O–H groups in total. The van der Waals surface area contributed by atoms with Gasteiger partial charge >= 0.3 is 0 Å². The van der Waals surface area contributed by atoms with Gasteiger partial charge in [0.15, 0.2) is 0 Å². The fourth-order valence-electron chi connectivity index (χ4n) is 1.71. The monoisotopic (exact) mass is 285 g/mol. The highest BCUT2D eigenvalue weighted by molar-refractivity contribution is 8.03. The molecule has 3 nitrogen and oxygen atoms in total. The summed E-state index contributed by atoms with van der Waals surface area (Å²) < 4.78 is 10.6. The second-order valence-electron chi connectivity index (χ2n) is 3.86. The number of halogens is 1. The quantitative estimate of drug-likeness (QED) is 0.584. The Labute approximate surface area is 117 Å². The molecular formula is C13H16ClNO2S. The third kappa shape index (κ3) is 3.72. The molecule has 18 heavy (non-hydrogen) atoms.